The highest BCUT2D eigenvalue weighted by Crippen LogP contribution is 2.31. The number of carbonyl (C=O) groups excluding carboxylic acids is 3. The Balaban J connectivity index is 1.53. The molecule has 1 saturated heterocycles. The molecule has 1 aliphatic heterocycles. The molecule has 4 rings (SSSR count). The lowest BCUT2D eigenvalue weighted by atomic mass is 9.90. The number of rotatable bonds is 5. The van der Waals surface area contributed by atoms with Gasteiger partial charge in [-0.3, -0.25) is 14.5 Å². The minimum Gasteiger partial charge on any atom is -0.337 e. The van der Waals surface area contributed by atoms with Gasteiger partial charge in [0.1, 0.15) is 17.9 Å². The lowest BCUT2D eigenvalue weighted by Gasteiger charge is -2.27. The van der Waals surface area contributed by atoms with Crippen LogP contribution in [0.5, 0.6) is 0 Å². The molecule has 3 aromatic carbocycles. The van der Waals surface area contributed by atoms with E-state index >= 15 is 0 Å². The first kappa shape index (κ1) is 21.5. The Hall–Kier alpha value is -3.74. The smallest absolute Gasteiger partial charge is 0.325 e. The number of urea groups is 1. The molecule has 0 spiro atoms. The topological polar surface area (TPSA) is 69.7 Å². The van der Waals surface area contributed by atoms with E-state index in [1.165, 1.54) is 17.0 Å². The third-order valence-electron chi connectivity index (χ3n) is 6.22. The summed E-state index contributed by atoms with van der Waals surface area (Å²) in [7, 11) is 1.59. The highest BCUT2D eigenvalue weighted by molar-refractivity contribution is 6.09. The molecule has 6 nitrogen and oxygen atoms in total. The van der Waals surface area contributed by atoms with Gasteiger partial charge in [0.2, 0.25) is 5.91 Å². The molecule has 1 N–H and O–H groups in total. The van der Waals surface area contributed by atoms with Crippen molar-refractivity contribution in [1.82, 2.24) is 15.1 Å². The second-order valence-electron chi connectivity index (χ2n) is 8.24. The Morgan fingerprint density at radius 1 is 1.06 bits per heavy atom. The van der Waals surface area contributed by atoms with E-state index in [1.54, 1.807) is 33.0 Å². The second-order valence-corrected chi connectivity index (χ2v) is 8.24. The summed E-state index contributed by atoms with van der Waals surface area (Å²) in [5, 5.41) is 4.73. The minimum absolute atomic E-state index is 0.351. The number of nitrogens with one attached hydrogen (secondary N) is 1. The first-order valence-electron chi connectivity index (χ1n) is 10.4. The number of halogens is 1. The molecule has 0 aromatic heterocycles. The Kier molecular flexibility index (Phi) is 5.42. The summed E-state index contributed by atoms with van der Waals surface area (Å²) < 4.78 is 13.2. The summed E-state index contributed by atoms with van der Waals surface area (Å²) in [6.45, 7) is 3.07. The van der Waals surface area contributed by atoms with Gasteiger partial charge in [0.15, 0.2) is 0 Å². The largest absolute Gasteiger partial charge is 0.337 e. The van der Waals surface area contributed by atoms with Gasteiger partial charge in [-0.05, 0) is 53.9 Å². The number of carbonyl (C=O) groups is 3. The fourth-order valence-corrected chi connectivity index (χ4v) is 3.96. The maximum absolute atomic E-state index is 13.2. The van der Waals surface area contributed by atoms with Gasteiger partial charge in [-0.2, -0.15) is 0 Å². The average Bonchev–Trinajstić information content (AvgIpc) is 3.02. The van der Waals surface area contributed by atoms with Crippen molar-refractivity contribution >= 4 is 28.6 Å². The van der Waals surface area contributed by atoms with Crippen LogP contribution in [0.15, 0.2) is 66.7 Å². The molecule has 2 unspecified atom stereocenters. The van der Waals surface area contributed by atoms with E-state index < -0.39 is 23.4 Å². The van der Waals surface area contributed by atoms with Crippen LogP contribution in [-0.2, 0) is 15.1 Å². The van der Waals surface area contributed by atoms with Crippen molar-refractivity contribution in [3.63, 3.8) is 0 Å². The fourth-order valence-electron chi connectivity index (χ4n) is 3.96. The highest BCUT2D eigenvalue weighted by Gasteiger charge is 2.49. The van der Waals surface area contributed by atoms with E-state index in [4.69, 9.17) is 0 Å². The van der Waals surface area contributed by atoms with Crippen molar-refractivity contribution in [2.75, 3.05) is 13.6 Å². The number of likely N-dealkylation sites (N-methyl/N-ethyl adjacent to an activating group) is 1. The van der Waals surface area contributed by atoms with Crippen molar-refractivity contribution in [2.24, 2.45) is 0 Å². The molecule has 1 fully saturated rings. The molecule has 7 heteroatoms. The average molecular weight is 433 g/mol. The molecule has 0 aliphatic carbocycles. The van der Waals surface area contributed by atoms with Gasteiger partial charge in [-0.25, -0.2) is 9.18 Å². The van der Waals surface area contributed by atoms with Crippen LogP contribution in [0.1, 0.15) is 31.0 Å². The molecule has 1 aliphatic rings. The van der Waals surface area contributed by atoms with E-state index in [9.17, 15) is 18.8 Å². The number of amides is 4. The Morgan fingerprint density at radius 2 is 1.72 bits per heavy atom. The van der Waals surface area contributed by atoms with Gasteiger partial charge >= 0.3 is 6.03 Å². The number of hydrogen-bond acceptors (Lipinski definition) is 3. The molecule has 1 heterocycles. The molecule has 32 heavy (non-hydrogen) atoms. The van der Waals surface area contributed by atoms with Gasteiger partial charge in [0.25, 0.3) is 5.91 Å². The van der Waals surface area contributed by atoms with E-state index in [-0.39, 0.29) is 18.4 Å². The first-order chi connectivity index (χ1) is 15.2. The van der Waals surface area contributed by atoms with Gasteiger partial charge in [-0.15, -0.1) is 0 Å². The number of nitrogens with zero attached hydrogens (tertiary/aromatic N) is 2. The Labute approximate surface area is 185 Å². The minimum atomic E-state index is -1.26. The zero-order valence-corrected chi connectivity index (χ0v) is 18.1. The summed E-state index contributed by atoms with van der Waals surface area (Å²) in [5.41, 5.74) is 0.140. The van der Waals surface area contributed by atoms with Gasteiger partial charge in [-0.1, -0.05) is 48.5 Å². The van der Waals surface area contributed by atoms with Crippen LogP contribution in [0, 0.1) is 5.82 Å². The predicted octanol–water partition coefficient (Wildman–Crippen LogP) is 3.97. The third-order valence-corrected chi connectivity index (χ3v) is 6.22. The number of benzene rings is 3. The van der Waals surface area contributed by atoms with Crippen LogP contribution in [0.3, 0.4) is 0 Å². The molecular formula is C25H24FN3O3. The number of imide groups is 1. The van der Waals surface area contributed by atoms with E-state index in [1.807, 2.05) is 42.5 Å². The van der Waals surface area contributed by atoms with Crippen LogP contribution in [0.4, 0.5) is 9.18 Å². The quantitative estimate of drug-likeness (QED) is 0.619. The molecule has 164 valence electrons. The first-order valence-corrected chi connectivity index (χ1v) is 10.4. The summed E-state index contributed by atoms with van der Waals surface area (Å²) in [6, 6.07) is 18.3. The van der Waals surface area contributed by atoms with Gasteiger partial charge < -0.3 is 10.2 Å². The molecule has 0 saturated carbocycles. The normalized spacial score (nSPS) is 19.2. The lowest BCUT2D eigenvalue weighted by molar-refractivity contribution is -0.139. The molecule has 2 atom stereocenters. The monoisotopic (exact) mass is 433 g/mol. The number of fused-ring (bicyclic) bond motifs is 1. The fraction of sp³-hybridized carbons (Fsp3) is 0.240. The predicted molar refractivity (Wildman–Crippen MR) is 119 cm³/mol. The van der Waals surface area contributed by atoms with Crippen LogP contribution in [-0.4, -0.2) is 41.2 Å². The SMILES string of the molecule is CC(c1ccc(F)cc1)N(C)C(=O)CN1C(=O)NC(C)(c2ccc3ccccc3c2)C1=O. The molecule has 0 radical (unpaired) electrons. The second kappa shape index (κ2) is 8.07. The zero-order chi connectivity index (χ0) is 23.0. The molecule has 4 amide bonds. The van der Waals surface area contributed by atoms with Crippen molar-refractivity contribution in [2.45, 2.75) is 25.4 Å². The van der Waals surface area contributed by atoms with E-state index in [0.717, 1.165) is 21.2 Å². The Bertz CT molecular complexity index is 1210. The van der Waals surface area contributed by atoms with Crippen molar-refractivity contribution in [3.05, 3.63) is 83.7 Å². The highest BCUT2D eigenvalue weighted by atomic mass is 19.1. The van der Waals surface area contributed by atoms with Crippen molar-refractivity contribution < 1.29 is 18.8 Å². The Morgan fingerprint density at radius 3 is 2.41 bits per heavy atom. The standard InChI is InChI=1S/C25H24FN3O3/c1-16(17-9-12-21(26)13-10-17)28(3)22(30)15-29-23(31)25(2,27-24(29)32)20-11-8-18-6-4-5-7-19(18)14-20/h4-14,16H,15H2,1-3H3,(H,27,32). The molecule has 0 bridgehead atoms. The van der Waals surface area contributed by atoms with E-state index in [0.29, 0.717) is 5.56 Å². The van der Waals surface area contributed by atoms with Crippen LogP contribution >= 0.6 is 0 Å². The number of hydrogen-bond donors (Lipinski definition) is 1. The maximum Gasteiger partial charge on any atom is 0.325 e. The third kappa shape index (κ3) is 3.70. The van der Waals surface area contributed by atoms with Crippen molar-refractivity contribution in [1.29, 1.82) is 0 Å². The summed E-state index contributed by atoms with van der Waals surface area (Å²) in [5.74, 6) is -1.23. The zero-order valence-electron chi connectivity index (χ0n) is 18.1. The van der Waals surface area contributed by atoms with Crippen molar-refractivity contribution in [3.8, 4) is 0 Å². The molecular weight excluding hydrogens is 409 g/mol. The van der Waals surface area contributed by atoms with Crippen LogP contribution in [0.2, 0.25) is 0 Å². The van der Waals surface area contributed by atoms with Gasteiger partial charge in [0, 0.05) is 7.05 Å². The molecule has 3 aromatic rings. The van der Waals surface area contributed by atoms with Crippen LogP contribution < -0.4 is 5.32 Å². The summed E-state index contributed by atoms with van der Waals surface area (Å²) in [4.78, 5) is 41.2. The van der Waals surface area contributed by atoms with Gasteiger partial charge in [0.05, 0.1) is 6.04 Å². The summed E-state index contributed by atoms with van der Waals surface area (Å²) >= 11 is 0. The lowest BCUT2D eigenvalue weighted by Crippen LogP contribution is -2.44. The van der Waals surface area contributed by atoms with Crippen LogP contribution in [0.25, 0.3) is 10.8 Å². The summed E-state index contributed by atoms with van der Waals surface area (Å²) in [6.07, 6.45) is 0. The maximum atomic E-state index is 13.2. The van der Waals surface area contributed by atoms with E-state index in [2.05, 4.69) is 5.32 Å².